The molecular weight excluding hydrogens is 166 g/mol. The Morgan fingerprint density at radius 2 is 2.15 bits per heavy atom. The van der Waals surface area contributed by atoms with Crippen LogP contribution >= 0.6 is 0 Å². The Bertz CT molecular complexity index is 203. The fourth-order valence-electron chi connectivity index (χ4n) is 0.956. The van der Waals surface area contributed by atoms with Gasteiger partial charge in [0.15, 0.2) is 0 Å². The largest absolute Gasteiger partial charge is 0.379 e. The van der Waals surface area contributed by atoms with E-state index in [-0.39, 0.29) is 0 Å². The summed E-state index contributed by atoms with van der Waals surface area (Å²) in [5, 5.41) is 7.09. The summed E-state index contributed by atoms with van der Waals surface area (Å²) in [5.41, 5.74) is 1.19. The lowest BCUT2D eigenvalue weighted by atomic mass is 10.5. The molecule has 0 atom stereocenters. The van der Waals surface area contributed by atoms with Crippen LogP contribution in [0.25, 0.3) is 0 Å². The maximum atomic E-state index is 5.01. The number of morpholine rings is 1. The Hall–Kier alpha value is -0.870. The van der Waals surface area contributed by atoms with Gasteiger partial charge in [-0.15, -0.1) is 0 Å². The number of hydrogen-bond donors (Lipinski definition) is 1. The Morgan fingerprint density at radius 3 is 2.31 bits per heavy atom. The average molecular weight is 183 g/mol. The van der Waals surface area contributed by atoms with Crippen LogP contribution in [-0.2, 0) is 11.8 Å². The van der Waals surface area contributed by atoms with E-state index in [9.17, 15) is 0 Å². The van der Waals surface area contributed by atoms with Crippen LogP contribution in [0, 0.1) is 6.92 Å². The second-order valence-corrected chi connectivity index (χ2v) is 2.96. The maximum Gasteiger partial charge on any atom is 0.0591 e. The molecule has 0 spiro atoms. The molecule has 0 unspecified atom stereocenters. The number of aryl methyl sites for hydroxylation is 2. The molecule has 0 aromatic carbocycles. The van der Waals surface area contributed by atoms with Crippen LogP contribution in [-0.4, -0.2) is 36.1 Å². The van der Waals surface area contributed by atoms with Crippen LogP contribution in [0.3, 0.4) is 0 Å². The van der Waals surface area contributed by atoms with Gasteiger partial charge in [-0.1, -0.05) is 0 Å². The summed E-state index contributed by atoms with van der Waals surface area (Å²) in [5.74, 6) is 0. The molecule has 2 rings (SSSR count). The van der Waals surface area contributed by atoms with E-state index < -0.39 is 0 Å². The Kier molecular flexibility index (Phi) is 4.49. The Labute approximate surface area is 78.9 Å². The first-order chi connectivity index (χ1) is 6.30. The molecule has 74 valence electrons. The first kappa shape index (κ1) is 10.2. The van der Waals surface area contributed by atoms with E-state index in [1.165, 1.54) is 5.69 Å². The van der Waals surface area contributed by atoms with Gasteiger partial charge in [0.1, 0.15) is 0 Å². The maximum absolute atomic E-state index is 5.01. The minimum atomic E-state index is 0.889. The van der Waals surface area contributed by atoms with Crippen molar-refractivity contribution in [3.8, 4) is 0 Å². The predicted octanol–water partition coefficient (Wildman–Crippen LogP) is 0.335. The van der Waals surface area contributed by atoms with Crippen LogP contribution in [0.5, 0.6) is 0 Å². The third kappa shape index (κ3) is 4.05. The van der Waals surface area contributed by atoms with Crippen molar-refractivity contribution in [3.63, 3.8) is 0 Å². The molecule has 0 bridgehead atoms. The van der Waals surface area contributed by atoms with E-state index >= 15 is 0 Å². The second kappa shape index (κ2) is 5.72. The number of ether oxygens (including phenoxy) is 1. The number of nitrogens with one attached hydrogen (secondary N) is 1. The SMILES string of the molecule is C1COCCN1.Cc1ccnn1C. The fourth-order valence-corrected chi connectivity index (χ4v) is 0.956. The molecule has 1 aromatic heterocycles. The minimum Gasteiger partial charge on any atom is -0.379 e. The minimum absolute atomic E-state index is 0.889. The van der Waals surface area contributed by atoms with E-state index in [1.807, 2.05) is 24.7 Å². The van der Waals surface area contributed by atoms with E-state index in [0.29, 0.717) is 0 Å². The first-order valence-corrected chi connectivity index (χ1v) is 4.54. The average Bonchev–Trinajstić information content (AvgIpc) is 2.55. The van der Waals surface area contributed by atoms with Gasteiger partial charge in [0.25, 0.3) is 0 Å². The number of aromatic nitrogens is 2. The monoisotopic (exact) mass is 183 g/mol. The zero-order valence-electron chi connectivity index (χ0n) is 8.29. The molecule has 4 nitrogen and oxygen atoms in total. The van der Waals surface area contributed by atoms with Gasteiger partial charge in [-0.3, -0.25) is 4.68 Å². The van der Waals surface area contributed by atoms with Crippen LogP contribution < -0.4 is 5.32 Å². The lowest BCUT2D eigenvalue weighted by Crippen LogP contribution is -2.30. The highest BCUT2D eigenvalue weighted by atomic mass is 16.5. The molecule has 13 heavy (non-hydrogen) atoms. The zero-order chi connectivity index (χ0) is 9.52. The predicted molar refractivity (Wildman–Crippen MR) is 51.6 cm³/mol. The van der Waals surface area contributed by atoms with Gasteiger partial charge in [-0.2, -0.15) is 5.10 Å². The molecule has 1 aliphatic heterocycles. The number of hydrogen-bond acceptors (Lipinski definition) is 3. The molecule has 0 radical (unpaired) electrons. The standard InChI is InChI=1S/C5H8N2.C4H9NO/c1-5-3-4-6-7(5)2;1-3-6-4-2-5-1/h3-4H,1-2H3;5H,1-4H2. The summed E-state index contributed by atoms with van der Waals surface area (Å²) in [4.78, 5) is 0. The molecule has 0 aliphatic carbocycles. The van der Waals surface area contributed by atoms with Crippen molar-refractivity contribution >= 4 is 0 Å². The summed E-state index contributed by atoms with van der Waals surface area (Å²) < 4.78 is 6.84. The first-order valence-electron chi connectivity index (χ1n) is 4.54. The number of nitrogens with zero attached hydrogens (tertiary/aromatic N) is 2. The third-order valence-corrected chi connectivity index (χ3v) is 1.91. The molecule has 1 fully saturated rings. The van der Waals surface area contributed by atoms with Crippen LogP contribution in [0.4, 0.5) is 0 Å². The molecule has 0 amide bonds. The van der Waals surface area contributed by atoms with Crippen molar-refractivity contribution in [3.05, 3.63) is 18.0 Å². The van der Waals surface area contributed by atoms with Crippen LogP contribution in [0.15, 0.2) is 12.3 Å². The zero-order valence-corrected chi connectivity index (χ0v) is 8.29. The van der Waals surface area contributed by atoms with Gasteiger partial charge < -0.3 is 10.1 Å². The molecule has 0 saturated carbocycles. The molecular formula is C9H17N3O. The van der Waals surface area contributed by atoms with Crippen molar-refractivity contribution < 1.29 is 4.74 Å². The lowest BCUT2D eigenvalue weighted by molar-refractivity contribution is 0.109. The highest BCUT2D eigenvalue weighted by Crippen LogP contribution is 1.88. The summed E-state index contributed by atoms with van der Waals surface area (Å²) in [6, 6.07) is 1.97. The van der Waals surface area contributed by atoms with Crippen molar-refractivity contribution in [2.45, 2.75) is 6.92 Å². The summed E-state index contributed by atoms with van der Waals surface area (Å²) in [6.07, 6.45) is 1.79. The quantitative estimate of drug-likeness (QED) is 0.630. The van der Waals surface area contributed by atoms with Gasteiger partial charge >= 0.3 is 0 Å². The highest BCUT2D eigenvalue weighted by molar-refractivity contribution is 4.94. The molecule has 2 heterocycles. The molecule has 1 aromatic rings. The van der Waals surface area contributed by atoms with Crippen LogP contribution in [0.1, 0.15) is 5.69 Å². The highest BCUT2D eigenvalue weighted by Gasteiger charge is 1.92. The summed E-state index contributed by atoms with van der Waals surface area (Å²) in [7, 11) is 1.93. The lowest BCUT2D eigenvalue weighted by Gasteiger charge is -2.10. The van der Waals surface area contributed by atoms with Crippen molar-refractivity contribution in [2.24, 2.45) is 7.05 Å². The molecule has 1 aliphatic rings. The van der Waals surface area contributed by atoms with Gasteiger partial charge in [0.2, 0.25) is 0 Å². The van der Waals surface area contributed by atoms with Crippen molar-refractivity contribution in [1.82, 2.24) is 15.1 Å². The van der Waals surface area contributed by atoms with Gasteiger partial charge in [0.05, 0.1) is 13.2 Å². The third-order valence-electron chi connectivity index (χ3n) is 1.91. The van der Waals surface area contributed by atoms with Crippen molar-refractivity contribution in [1.29, 1.82) is 0 Å². The van der Waals surface area contributed by atoms with Gasteiger partial charge in [0, 0.05) is 32.0 Å². The van der Waals surface area contributed by atoms with Gasteiger partial charge in [-0.25, -0.2) is 0 Å². The Balaban J connectivity index is 0.000000132. The van der Waals surface area contributed by atoms with E-state index in [1.54, 1.807) is 6.20 Å². The van der Waals surface area contributed by atoms with E-state index in [0.717, 1.165) is 26.3 Å². The van der Waals surface area contributed by atoms with Gasteiger partial charge in [-0.05, 0) is 13.0 Å². The smallest absolute Gasteiger partial charge is 0.0591 e. The molecule has 1 saturated heterocycles. The fraction of sp³-hybridized carbons (Fsp3) is 0.667. The summed E-state index contributed by atoms with van der Waals surface area (Å²) in [6.45, 7) is 5.85. The molecule has 4 heteroatoms. The number of rotatable bonds is 0. The summed E-state index contributed by atoms with van der Waals surface area (Å²) >= 11 is 0. The topological polar surface area (TPSA) is 39.1 Å². The van der Waals surface area contributed by atoms with Crippen LogP contribution in [0.2, 0.25) is 0 Å². The van der Waals surface area contributed by atoms with E-state index in [4.69, 9.17) is 4.74 Å². The van der Waals surface area contributed by atoms with Crippen molar-refractivity contribution in [2.75, 3.05) is 26.3 Å². The Morgan fingerprint density at radius 1 is 1.46 bits per heavy atom. The molecule has 1 N–H and O–H groups in total. The normalized spacial score (nSPS) is 16.2. The second-order valence-electron chi connectivity index (χ2n) is 2.96. The van der Waals surface area contributed by atoms with E-state index in [2.05, 4.69) is 10.4 Å².